The Morgan fingerprint density at radius 2 is 0.864 bits per heavy atom. The molecule has 8 aromatic carbocycles. The molecule has 0 N–H and O–H groups in total. The fraction of sp³-hybridized carbons (Fsp3) is 0. The summed E-state index contributed by atoms with van der Waals surface area (Å²) in [6.45, 7) is 0. The van der Waals surface area contributed by atoms with Gasteiger partial charge in [0.2, 0.25) is 0 Å². The Morgan fingerprint density at radius 1 is 0.409 bits per heavy atom. The molecule has 0 aliphatic carbocycles. The van der Waals surface area contributed by atoms with Crippen LogP contribution in [0.25, 0.3) is 43.4 Å². The summed E-state index contributed by atoms with van der Waals surface area (Å²) >= 11 is 1.46. The van der Waals surface area contributed by atoms with Crippen LogP contribution in [0.4, 0.5) is 0 Å². The van der Waals surface area contributed by atoms with Crippen molar-refractivity contribution in [2.24, 2.45) is 0 Å². The van der Waals surface area contributed by atoms with Gasteiger partial charge in [0.15, 0.2) is 0 Å². The van der Waals surface area contributed by atoms with Gasteiger partial charge in [-0.1, -0.05) is 78.4 Å². The van der Waals surface area contributed by atoms with Crippen LogP contribution in [0, 0.1) is 0 Å². The third kappa shape index (κ3) is 7.79. The number of benzene rings is 6. The summed E-state index contributed by atoms with van der Waals surface area (Å²) in [5.41, 5.74) is 5.26. The molecule has 3 heteroatoms. The van der Waals surface area contributed by atoms with Crippen LogP contribution in [-0.4, -0.2) is 3.21 Å². The van der Waals surface area contributed by atoms with E-state index in [2.05, 4.69) is 182 Å². The molecule has 0 fully saturated rings. The van der Waals surface area contributed by atoms with Crippen molar-refractivity contribution in [2.75, 3.05) is 0 Å². The number of hydrogen-bond donors (Lipinski definition) is 0. The van der Waals surface area contributed by atoms with Crippen LogP contribution in [0.1, 0.15) is 11.1 Å². The maximum Gasteiger partial charge on any atom is -0.0279 e. The van der Waals surface area contributed by atoms with Crippen molar-refractivity contribution in [3.63, 3.8) is 0 Å². The minimum Gasteiger partial charge on any atom is -0.168 e. The van der Waals surface area contributed by atoms with Crippen LogP contribution >= 0.6 is 0 Å². The quantitative estimate of drug-likeness (QED) is 0.236. The van der Waals surface area contributed by atoms with Gasteiger partial charge in [-0.3, -0.25) is 0 Å². The zero-order valence-electron chi connectivity index (χ0n) is 24.1. The number of hydrogen-bond acceptors (Lipinski definition) is 0. The third-order valence-corrected chi connectivity index (χ3v) is 8.83. The van der Waals surface area contributed by atoms with E-state index in [9.17, 15) is 0 Å². The van der Waals surface area contributed by atoms with Gasteiger partial charge >= 0.3 is 99.2 Å². The molecule has 0 bridgehead atoms. The minimum absolute atomic E-state index is 0. The first-order valence-electron chi connectivity index (χ1n) is 14.2. The summed E-state index contributed by atoms with van der Waals surface area (Å²) in [5.74, 6) is 0. The van der Waals surface area contributed by atoms with Crippen LogP contribution in [0.3, 0.4) is 0 Å². The Kier molecular flexibility index (Phi) is 12.2. The summed E-state index contributed by atoms with van der Waals surface area (Å²) in [6.07, 6.45) is 0. The smallest absolute Gasteiger partial charge is 0.0279 e. The molecule has 0 saturated heterocycles. The number of fused-ring (bicyclic) bond motifs is 4. The van der Waals surface area contributed by atoms with E-state index in [4.69, 9.17) is 0 Å². The molecule has 0 aliphatic rings. The minimum atomic E-state index is 0. The largest absolute Gasteiger partial charge is 0.168 e. The predicted octanol–water partition coefficient (Wildman–Crippen LogP) is 4.75. The molecule has 0 radical (unpaired) electrons. The van der Waals surface area contributed by atoms with E-state index in [1.807, 2.05) is 0 Å². The van der Waals surface area contributed by atoms with Gasteiger partial charge in [0.1, 0.15) is 0 Å². The van der Waals surface area contributed by atoms with Crippen LogP contribution in [-0.2, 0) is 24.2 Å². The Hall–Kier alpha value is -3.87. The van der Waals surface area contributed by atoms with Gasteiger partial charge in [-0.2, -0.15) is 12.1 Å². The molecular formula is C41H30Cl2Zr-2. The SMILES string of the molecule is [Cl-].[Cl-].[Zr+2]=[C](c1ccccc1)c1ccccc1.c1ccc(-c2cccc3[cH-]ccc23)cc1.c1ccc2c(c1)[cH-]c1ccccc12. The van der Waals surface area contributed by atoms with E-state index >= 15 is 0 Å². The summed E-state index contributed by atoms with van der Waals surface area (Å²) in [6, 6.07) is 63.8. The van der Waals surface area contributed by atoms with Crippen LogP contribution in [0.2, 0.25) is 0 Å². The van der Waals surface area contributed by atoms with Crippen LogP contribution < -0.4 is 24.8 Å². The average molecular weight is 685 g/mol. The Bertz CT molecular complexity index is 1950. The molecule has 0 amide bonds. The molecule has 0 unspecified atom stereocenters. The van der Waals surface area contributed by atoms with Gasteiger partial charge in [0.25, 0.3) is 0 Å². The molecule has 8 rings (SSSR count). The van der Waals surface area contributed by atoms with E-state index in [1.54, 1.807) is 0 Å². The summed E-state index contributed by atoms with van der Waals surface area (Å²) < 4.78 is 1.42. The second-order valence-electron chi connectivity index (χ2n) is 10.1. The zero-order chi connectivity index (χ0) is 28.6. The Morgan fingerprint density at radius 3 is 1.41 bits per heavy atom. The predicted molar refractivity (Wildman–Crippen MR) is 178 cm³/mol. The molecule has 0 saturated carbocycles. The van der Waals surface area contributed by atoms with E-state index < -0.39 is 0 Å². The van der Waals surface area contributed by atoms with Gasteiger partial charge in [-0.25, -0.2) is 0 Å². The first-order valence-corrected chi connectivity index (χ1v) is 15.4. The van der Waals surface area contributed by atoms with Crippen LogP contribution in [0.5, 0.6) is 0 Å². The normalized spacial score (nSPS) is 10.0. The molecule has 0 nitrogen and oxygen atoms in total. The first kappa shape index (κ1) is 33.0. The van der Waals surface area contributed by atoms with Gasteiger partial charge in [-0.05, 0) is 5.56 Å². The van der Waals surface area contributed by atoms with Crippen LogP contribution in [0.15, 0.2) is 182 Å². The van der Waals surface area contributed by atoms with E-state index in [0.717, 1.165) is 0 Å². The molecule has 0 aliphatic heterocycles. The number of halogens is 2. The van der Waals surface area contributed by atoms with Crippen molar-refractivity contribution in [1.82, 2.24) is 0 Å². The second kappa shape index (κ2) is 16.3. The van der Waals surface area contributed by atoms with Crippen molar-refractivity contribution >= 4 is 35.5 Å². The summed E-state index contributed by atoms with van der Waals surface area (Å²) in [5, 5.41) is 8.05. The van der Waals surface area contributed by atoms with Crippen molar-refractivity contribution < 1.29 is 49.0 Å². The topological polar surface area (TPSA) is 0 Å². The molecule has 214 valence electrons. The van der Waals surface area contributed by atoms with E-state index in [-0.39, 0.29) is 24.8 Å². The molecule has 0 heterocycles. The van der Waals surface area contributed by atoms with Gasteiger partial charge in [0, 0.05) is 0 Å². The Labute approximate surface area is 286 Å². The van der Waals surface area contributed by atoms with Crippen molar-refractivity contribution in [1.29, 1.82) is 0 Å². The standard InChI is InChI=1S/C15H11.C13H9.C13H10.2ClH.Zr/c1-2-6-12(7-3-1)14-10-4-8-13-9-5-11-15(13)14;1-3-7-12-10(5-1)9-11-6-2-4-8-13(11)12;1-3-7-12(8-4-1)11-13-9-5-2-6-10-13;;;/h1-11H;1-9H;1-10H;2*1H;/q2*-1;;;;+2/p-2. The van der Waals surface area contributed by atoms with E-state index in [0.29, 0.717) is 0 Å². The molecule has 0 aromatic heterocycles. The first-order chi connectivity index (χ1) is 20.8. The molecule has 8 aromatic rings. The fourth-order valence-corrected chi connectivity index (χ4v) is 6.13. The molecule has 0 spiro atoms. The van der Waals surface area contributed by atoms with Crippen molar-refractivity contribution in [2.45, 2.75) is 0 Å². The average Bonchev–Trinajstić information content (AvgIpc) is 3.71. The van der Waals surface area contributed by atoms with Crippen molar-refractivity contribution in [3.05, 3.63) is 193 Å². The molecular weight excluding hydrogens is 655 g/mol. The fourth-order valence-electron chi connectivity index (χ4n) is 5.31. The monoisotopic (exact) mass is 682 g/mol. The maximum atomic E-state index is 2.24. The van der Waals surface area contributed by atoms with Gasteiger partial charge in [0.05, 0.1) is 0 Å². The molecule has 0 atom stereocenters. The second-order valence-corrected chi connectivity index (χ2v) is 11.4. The summed E-state index contributed by atoms with van der Waals surface area (Å²) in [7, 11) is 0. The maximum absolute atomic E-state index is 2.24. The van der Waals surface area contributed by atoms with Gasteiger partial charge < -0.3 is 24.8 Å². The van der Waals surface area contributed by atoms with Crippen molar-refractivity contribution in [3.8, 4) is 11.1 Å². The zero-order valence-corrected chi connectivity index (χ0v) is 28.0. The van der Waals surface area contributed by atoms with Gasteiger partial charge in [-0.15, -0.1) is 68.7 Å². The third-order valence-electron chi connectivity index (χ3n) is 7.41. The molecule has 44 heavy (non-hydrogen) atoms. The van der Waals surface area contributed by atoms with E-state index in [1.165, 1.54) is 82.0 Å². The Balaban J connectivity index is 0.000000148. The number of rotatable bonds is 3. The summed E-state index contributed by atoms with van der Waals surface area (Å²) in [4.78, 5) is 0.